The van der Waals surface area contributed by atoms with Crippen molar-refractivity contribution in [3.8, 4) is 0 Å². The number of rotatable bonds is 6. The van der Waals surface area contributed by atoms with Crippen LogP contribution in [0.2, 0.25) is 0 Å². The van der Waals surface area contributed by atoms with Gasteiger partial charge in [-0.1, -0.05) is 12.2 Å². The number of hydrogen-bond donors (Lipinski definition) is 2. The monoisotopic (exact) mass is 430 g/mol. The molecule has 0 aromatic heterocycles. The number of hydrogen-bond acceptors (Lipinski definition) is 8. The molecule has 0 aliphatic heterocycles. The van der Waals surface area contributed by atoms with Gasteiger partial charge in [0.2, 0.25) is 0 Å². The number of benzene rings is 2. The molecule has 0 spiro atoms. The maximum absolute atomic E-state index is 11.5. The standard InChI is InChI=1S/C14H10N2O10S2/c17-15(18)11-5-4-10(13(8-11)27(21,22)23)3-1-9-2-6-12(16(19)20)14(7-9)28(24,25)26/h1-8H,(H,21,22,23)(H,24,25,26)/b3-1+. The predicted molar refractivity (Wildman–Crippen MR) is 94.8 cm³/mol. The summed E-state index contributed by atoms with van der Waals surface area (Å²) in [5.74, 6) is 0. The summed E-state index contributed by atoms with van der Waals surface area (Å²) in [6.45, 7) is 0. The maximum Gasteiger partial charge on any atom is 0.301 e. The quantitative estimate of drug-likeness (QED) is 0.296. The zero-order valence-corrected chi connectivity index (χ0v) is 15.1. The van der Waals surface area contributed by atoms with E-state index in [1.165, 1.54) is 0 Å². The lowest BCUT2D eigenvalue weighted by atomic mass is 10.1. The molecule has 0 bridgehead atoms. The van der Waals surface area contributed by atoms with Gasteiger partial charge in [-0.25, -0.2) is 0 Å². The lowest BCUT2D eigenvalue weighted by Gasteiger charge is -2.04. The fourth-order valence-corrected chi connectivity index (χ4v) is 3.57. The van der Waals surface area contributed by atoms with Gasteiger partial charge < -0.3 is 0 Å². The van der Waals surface area contributed by atoms with E-state index in [2.05, 4.69) is 0 Å². The van der Waals surface area contributed by atoms with E-state index in [1.807, 2.05) is 0 Å². The molecule has 2 rings (SSSR count). The van der Waals surface area contributed by atoms with Gasteiger partial charge in [-0.2, -0.15) is 16.8 Å². The molecule has 0 amide bonds. The highest BCUT2D eigenvalue weighted by atomic mass is 32.2. The van der Waals surface area contributed by atoms with Gasteiger partial charge in [0.1, 0.15) is 4.90 Å². The molecule has 0 fully saturated rings. The molecule has 14 heteroatoms. The van der Waals surface area contributed by atoms with Crippen LogP contribution in [0.4, 0.5) is 11.4 Å². The summed E-state index contributed by atoms with van der Waals surface area (Å²) >= 11 is 0. The third-order valence-electron chi connectivity index (χ3n) is 3.40. The molecule has 0 heterocycles. The normalized spacial score (nSPS) is 12.2. The van der Waals surface area contributed by atoms with E-state index in [0.29, 0.717) is 6.07 Å². The average molecular weight is 430 g/mol. The van der Waals surface area contributed by atoms with Gasteiger partial charge in [-0.05, 0) is 29.3 Å². The molecule has 0 radical (unpaired) electrons. The molecule has 0 unspecified atom stereocenters. The zero-order chi connectivity index (χ0) is 21.3. The zero-order valence-electron chi connectivity index (χ0n) is 13.5. The summed E-state index contributed by atoms with van der Waals surface area (Å²) in [7, 11) is -9.74. The van der Waals surface area contributed by atoms with Crippen LogP contribution >= 0.6 is 0 Å². The van der Waals surface area contributed by atoms with E-state index < -0.39 is 51.2 Å². The van der Waals surface area contributed by atoms with Gasteiger partial charge in [-0.3, -0.25) is 29.3 Å². The first kappa shape index (κ1) is 21.1. The van der Waals surface area contributed by atoms with Crippen LogP contribution in [0.15, 0.2) is 46.2 Å². The molecule has 0 atom stereocenters. The molecular formula is C14H10N2O10S2. The smallest absolute Gasteiger partial charge is 0.282 e. The third kappa shape index (κ3) is 4.74. The van der Waals surface area contributed by atoms with Gasteiger partial charge in [0.05, 0.1) is 9.85 Å². The molecule has 0 aliphatic rings. The van der Waals surface area contributed by atoms with Crippen LogP contribution in [0, 0.1) is 20.2 Å². The lowest BCUT2D eigenvalue weighted by molar-refractivity contribution is -0.387. The first-order chi connectivity index (χ1) is 12.8. The van der Waals surface area contributed by atoms with E-state index in [1.54, 1.807) is 0 Å². The Labute approximate surface area is 157 Å². The van der Waals surface area contributed by atoms with Crippen molar-refractivity contribution in [3.63, 3.8) is 0 Å². The minimum absolute atomic E-state index is 0.0258. The van der Waals surface area contributed by atoms with E-state index >= 15 is 0 Å². The largest absolute Gasteiger partial charge is 0.301 e. The molecule has 28 heavy (non-hydrogen) atoms. The highest BCUT2D eigenvalue weighted by Crippen LogP contribution is 2.27. The van der Waals surface area contributed by atoms with Crippen LogP contribution in [-0.4, -0.2) is 35.8 Å². The van der Waals surface area contributed by atoms with Crippen LogP contribution in [0.5, 0.6) is 0 Å². The fraction of sp³-hybridized carbons (Fsp3) is 0. The van der Waals surface area contributed by atoms with E-state index in [9.17, 15) is 41.6 Å². The molecule has 12 nitrogen and oxygen atoms in total. The minimum atomic E-state index is -4.92. The van der Waals surface area contributed by atoms with Crippen molar-refractivity contribution in [2.24, 2.45) is 0 Å². The summed E-state index contributed by atoms with van der Waals surface area (Å²) in [5, 5.41) is 21.6. The molecular weight excluding hydrogens is 420 g/mol. The first-order valence-corrected chi connectivity index (χ1v) is 9.88. The van der Waals surface area contributed by atoms with Gasteiger partial charge in [-0.15, -0.1) is 0 Å². The summed E-state index contributed by atoms with van der Waals surface area (Å²) in [6.07, 6.45) is 2.22. The second kappa shape index (κ2) is 7.43. The van der Waals surface area contributed by atoms with Crippen LogP contribution < -0.4 is 0 Å². The number of nitro groups is 2. The van der Waals surface area contributed by atoms with Gasteiger partial charge in [0, 0.05) is 18.2 Å². The topological polar surface area (TPSA) is 195 Å². The second-order valence-corrected chi connectivity index (χ2v) is 8.03. The Kier molecular flexibility index (Phi) is 5.60. The van der Waals surface area contributed by atoms with Gasteiger partial charge in [0.25, 0.3) is 21.5 Å². The Bertz CT molecular complexity index is 1220. The summed E-state index contributed by atoms with van der Waals surface area (Å²) < 4.78 is 63.9. The van der Waals surface area contributed by atoms with Crippen molar-refractivity contribution in [1.29, 1.82) is 0 Å². The molecule has 2 aromatic rings. The van der Waals surface area contributed by atoms with Gasteiger partial charge in [0.15, 0.2) is 4.90 Å². The van der Waals surface area contributed by atoms with Crippen molar-refractivity contribution in [3.05, 3.63) is 67.8 Å². The van der Waals surface area contributed by atoms with Gasteiger partial charge >= 0.3 is 10.1 Å². The SMILES string of the molecule is O=[N+]([O-])c1ccc(/C=C/c2ccc([N+](=O)[O-])c(S(=O)(=O)O)c2)c(S(=O)(=O)O)c1. The fourth-order valence-electron chi connectivity index (χ4n) is 2.18. The molecule has 2 aromatic carbocycles. The Hall–Kier alpha value is -3.20. The Morgan fingerprint density at radius 3 is 1.89 bits per heavy atom. The van der Waals surface area contributed by atoms with Crippen molar-refractivity contribution in [1.82, 2.24) is 0 Å². The van der Waals surface area contributed by atoms with E-state index in [-0.39, 0.29) is 11.1 Å². The van der Waals surface area contributed by atoms with Crippen LogP contribution in [-0.2, 0) is 20.2 Å². The van der Waals surface area contributed by atoms with Crippen molar-refractivity contribution < 1.29 is 35.8 Å². The molecule has 0 aliphatic carbocycles. The summed E-state index contributed by atoms with van der Waals surface area (Å²) in [4.78, 5) is 18.0. The highest BCUT2D eigenvalue weighted by Gasteiger charge is 2.24. The Balaban J connectivity index is 2.58. The summed E-state index contributed by atoms with van der Waals surface area (Å²) in [5.41, 5.74) is -1.60. The average Bonchev–Trinajstić information content (AvgIpc) is 2.57. The van der Waals surface area contributed by atoms with Crippen LogP contribution in [0.25, 0.3) is 12.2 Å². The number of non-ortho nitro benzene ring substituents is 1. The Morgan fingerprint density at radius 2 is 1.39 bits per heavy atom. The van der Waals surface area contributed by atoms with Crippen LogP contribution in [0.1, 0.15) is 11.1 Å². The number of nitrogens with zero attached hydrogens (tertiary/aromatic N) is 2. The number of nitro benzene ring substituents is 2. The van der Waals surface area contributed by atoms with Crippen molar-refractivity contribution in [2.45, 2.75) is 9.79 Å². The van der Waals surface area contributed by atoms with E-state index in [4.69, 9.17) is 4.55 Å². The highest BCUT2D eigenvalue weighted by molar-refractivity contribution is 7.86. The van der Waals surface area contributed by atoms with Crippen molar-refractivity contribution in [2.75, 3.05) is 0 Å². The summed E-state index contributed by atoms with van der Waals surface area (Å²) in [6, 6.07) is 5.38. The molecule has 0 saturated heterocycles. The van der Waals surface area contributed by atoms with Crippen LogP contribution in [0.3, 0.4) is 0 Å². The lowest BCUT2D eigenvalue weighted by Crippen LogP contribution is -2.03. The third-order valence-corrected chi connectivity index (χ3v) is 5.19. The molecule has 148 valence electrons. The Morgan fingerprint density at radius 1 is 0.786 bits per heavy atom. The van der Waals surface area contributed by atoms with Crippen molar-refractivity contribution >= 4 is 43.8 Å². The second-order valence-electron chi connectivity index (χ2n) is 5.25. The van der Waals surface area contributed by atoms with E-state index in [0.717, 1.165) is 42.5 Å². The molecule has 2 N–H and O–H groups in total. The maximum atomic E-state index is 11.5. The molecule has 0 saturated carbocycles. The predicted octanol–water partition coefficient (Wildman–Crippen LogP) is 2.17. The first-order valence-electron chi connectivity index (χ1n) is 7.00. The minimum Gasteiger partial charge on any atom is -0.282 e.